The SMILES string of the molecule is C#CCC(C)N1CC(=O)NC(C2CC2)C1=O. The van der Waals surface area contributed by atoms with Crippen molar-refractivity contribution in [2.75, 3.05) is 6.54 Å². The Morgan fingerprint density at radius 3 is 2.81 bits per heavy atom. The Bertz CT molecular complexity index is 355. The summed E-state index contributed by atoms with van der Waals surface area (Å²) in [4.78, 5) is 25.2. The van der Waals surface area contributed by atoms with Crippen LogP contribution in [0.2, 0.25) is 0 Å². The van der Waals surface area contributed by atoms with Crippen LogP contribution in [0.4, 0.5) is 0 Å². The fourth-order valence-corrected chi connectivity index (χ4v) is 2.09. The van der Waals surface area contributed by atoms with Crippen molar-refractivity contribution in [2.24, 2.45) is 5.92 Å². The van der Waals surface area contributed by atoms with E-state index < -0.39 is 0 Å². The highest BCUT2D eigenvalue weighted by Gasteiger charge is 2.43. The number of piperazine rings is 1. The van der Waals surface area contributed by atoms with E-state index in [4.69, 9.17) is 6.42 Å². The molecular formula is C12H16N2O2. The molecule has 2 unspecified atom stereocenters. The second kappa shape index (κ2) is 4.17. The van der Waals surface area contributed by atoms with Crippen molar-refractivity contribution in [3.63, 3.8) is 0 Å². The minimum atomic E-state index is -0.304. The Balaban J connectivity index is 2.09. The van der Waals surface area contributed by atoms with Gasteiger partial charge in [-0.05, 0) is 25.7 Å². The van der Waals surface area contributed by atoms with Crippen LogP contribution in [0.1, 0.15) is 26.2 Å². The van der Waals surface area contributed by atoms with Crippen LogP contribution < -0.4 is 5.32 Å². The Hall–Kier alpha value is -1.50. The minimum absolute atomic E-state index is 0.0323. The van der Waals surface area contributed by atoms with Gasteiger partial charge < -0.3 is 10.2 Å². The van der Waals surface area contributed by atoms with Gasteiger partial charge in [-0.1, -0.05) is 0 Å². The van der Waals surface area contributed by atoms with Crippen molar-refractivity contribution in [1.29, 1.82) is 0 Å². The molecule has 4 nitrogen and oxygen atoms in total. The number of carbonyl (C=O) groups excluding carboxylic acids is 2. The number of nitrogens with one attached hydrogen (secondary N) is 1. The molecule has 2 fully saturated rings. The molecule has 1 aliphatic heterocycles. The smallest absolute Gasteiger partial charge is 0.246 e. The number of hydrogen-bond acceptors (Lipinski definition) is 2. The molecule has 2 amide bonds. The summed E-state index contributed by atoms with van der Waals surface area (Å²) in [6.07, 6.45) is 7.80. The number of nitrogens with zero attached hydrogens (tertiary/aromatic N) is 1. The minimum Gasteiger partial charge on any atom is -0.342 e. The lowest BCUT2D eigenvalue weighted by Crippen LogP contribution is -2.60. The van der Waals surface area contributed by atoms with E-state index in [1.54, 1.807) is 4.90 Å². The molecule has 1 heterocycles. The molecule has 1 saturated carbocycles. The van der Waals surface area contributed by atoms with Crippen LogP contribution in [-0.4, -0.2) is 35.3 Å². The number of amides is 2. The predicted molar refractivity (Wildman–Crippen MR) is 59.3 cm³/mol. The standard InChI is InChI=1S/C12H16N2O2/c1-3-4-8(2)14-7-10(15)13-11(12(14)16)9-5-6-9/h1,8-9,11H,4-7H2,2H3,(H,13,15). The van der Waals surface area contributed by atoms with Gasteiger partial charge in [0, 0.05) is 12.5 Å². The van der Waals surface area contributed by atoms with Gasteiger partial charge in [0.25, 0.3) is 0 Å². The average Bonchev–Trinajstić information content (AvgIpc) is 3.05. The maximum absolute atomic E-state index is 12.1. The number of carbonyl (C=O) groups is 2. The van der Waals surface area contributed by atoms with Gasteiger partial charge in [-0.2, -0.15) is 0 Å². The monoisotopic (exact) mass is 220 g/mol. The maximum Gasteiger partial charge on any atom is 0.246 e. The first kappa shape index (κ1) is 11.0. The molecule has 0 spiro atoms. The first-order chi connectivity index (χ1) is 7.63. The highest BCUT2D eigenvalue weighted by Crippen LogP contribution is 2.34. The quantitative estimate of drug-likeness (QED) is 0.688. The van der Waals surface area contributed by atoms with Crippen molar-refractivity contribution < 1.29 is 9.59 Å². The zero-order chi connectivity index (χ0) is 11.7. The summed E-state index contributed by atoms with van der Waals surface area (Å²) in [6.45, 7) is 2.03. The van der Waals surface area contributed by atoms with E-state index >= 15 is 0 Å². The van der Waals surface area contributed by atoms with Crippen LogP contribution in [0.25, 0.3) is 0 Å². The average molecular weight is 220 g/mol. The summed E-state index contributed by atoms with van der Waals surface area (Å²) >= 11 is 0. The van der Waals surface area contributed by atoms with Crippen LogP contribution in [0, 0.1) is 18.3 Å². The lowest BCUT2D eigenvalue weighted by atomic mass is 10.1. The van der Waals surface area contributed by atoms with E-state index in [0.29, 0.717) is 12.3 Å². The predicted octanol–water partition coefficient (Wildman–Crippen LogP) is 0.135. The molecule has 2 rings (SSSR count). The molecule has 2 aliphatic rings. The van der Waals surface area contributed by atoms with Crippen LogP contribution in [0.5, 0.6) is 0 Å². The van der Waals surface area contributed by atoms with Gasteiger partial charge in [0.2, 0.25) is 11.8 Å². The molecular weight excluding hydrogens is 204 g/mol. The summed E-state index contributed by atoms with van der Waals surface area (Å²) < 4.78 is 0. The first-order valence-corrected chi connectivity index (χ1v) is 5.66. The van der Waals surface area contributed by atoms with Gasteiger partial charge >= 0.3 is 0 Å². The van der Waals surface area contributed by atoms with Gasteiger partial charge in [0.15, 0.2) is 0 Å². The van der Waals surface area contributed by atoms with Gasteiger partial charge in [0.05, 0.1) is 6.54 Å². The summed E-state index contributed by atoms with van der Waals surface area (Å²) in [5, 5.41) is 2.77. The number of hydrogen-bond donors (Lipinski definition) is 1. The Labute approximate surface area is 95.4 Å². The normalized spacial score (nSPS) is 27.2. The molecule has 2 atom stereocenters. The topological polar surface area (TPSA) is 49.4 Å². The summed E-state index contributed by atoms with van der Waals surface area (Å²) in [5.74, 6) is 2.84. The molecule has 16 heavy (non-hydrogen) atoms. The molecule has 1 aliphatic carbocycles. The maximum atomic E-state index is 12.1. The van der Waals surface area contributed by atoms with E-state index in [0.717, 1.165) is 12.8 Å². The van der Waals surface area contributed by atoms with E-state index in [1.165, 1.54) is 0 Å². The molecule has 0 aromatic heterocycles. The molecule has 4 heteroatoms. The van der Waals surface area contributed by atoms with Crippen LogP contribution >= 0.6 is 0 Å². The van der Waals surface area contributed by atoms with Crippen molar-refractivity contribution >= 4 is 11.8 Å². The fraction of sp³-hybridized carbons (Fsp3) is 0.667. The van der Waals surface area contributed by atoms with Crippen LogP contribution in [-0.2, 0) is 9.59 Å². The largest absolute Gasteiger partial charge is 0.342 e. The van der Waals surface area contributed by atoms with E-state index in [1.807, 2.05) is 6.92 Å². The fourth-order valence-electron chi connectivity index (χ4n) is 2.09. The van der Waals surface area contributed by atoms with E-state index in [2.05, 4.69) is 11.2 Å². The molecule has 0 bridgehead atoms. The van der Waals surface area contributed by atoms with Crippen molar-refractivity contribution in [3.8, 4) is 12.3 Å². The van der Waals surface area contributed by atoms with E-state index in [-0.39, 0.29) is 30.4 Å². The lowest BCUT2D eigenvalue weighted by Gasteiger charge is -2.36. The van der Waals surface area contributed by atoms with Crippen LogP contribution in [0.3, 0.4) is 0 Å². The molecule has 0 aromatic carbocycles. The highest BCUT2D eigenvalue weighted by atomic mass is 16.2. The van der Waals surface area contributed by atoms with Gasteiger partial charge in [0.1, 0.15) is 6.04 Å². The lowest BCUT2D eigenvalue weighted by molar-refractivity contribution is -0.146. The summed E-state index contributed by atoms with van der Waals surface area (Å²) in [5.41, 5.74) is 0. The van der Waals surface area contributed by atoms with Crippen molar-refractivity contribution in [3.05, 3.63) is 0 Å². The van der Waals surface area contributed by atoms with Crippen molar-refractivity contribution in [1.82, 2.24) is 10.2 Å². The van der Waals surface area contributed by atoms with Gasteiger partial charge in [-0.15, -0.1) is 12.3 Å². The third kappa shape index (κ3) is 2.04. The summed E-state index contributed by atoms with van der Waals surface area (Å²) in [6, 6.07) is -0.355. The third-order valence-electron chi connectivity index (χ3n) is 3.22. The Morgan fingerprint density at radius 2 is 2.25 bits per heavy atom. The number of rotatable bonds is 3. The van der Waals surface area contributed by atoms with E-state index in [9.17, 15) is 9.59 Å². The molecule has 1 saturated heterocycles. The highest BCUT2D eigenvalue weighted by molar-refractivity contribution is 5.95. The molecule has 1 N–H and O–H groups in total. The first-order valence-electron chi connectivity index (χ1n) is 5.66. The summed E-state index contributed by atoms with van der Waals surface area (Å²) in [7, 11) is 0. The van der Waals surface area contributed by atoms with Gasteiger partial charge in [-0.3, -0.25) is 9.59 Å². The molecule has 0 aromatic rings. The Morgan fingerprint density at radius 1 is 1.56 bits per heavy atom. The van der Waals surface area contributed by atoms with Crippen molar-refractivity contribution in [2.45, 2.75) is 38.3 Å². The molecule has 0 radical (unpaired) electrons. The zero-order valence-electron chi connectivity index (χ0n) is 9.40. The van der Waals surface area contributed by atoms with Gasteiger partial charge in [-0.25, -0.2) is 0 Å². The Kier molecular flexibility index (Phi) is 2.86. The molecule has 86 valence electrons. The second-order valence-electron chi connectivity index (χ2n) is 4.61. The zero-order valence-corrected chi connectivity index (χ0v) is 9.40. The number of terminal acetylenes is 1. The second-order valence-corrected chi connectivity index (χ2v) is 4.61. The van der Waals surface area contributed by atoms with Crippen LogP contribution in [0.15, 0.2) is 0 Å². The third-order valence-corrected chi connectivity index (χ3v) is 3.22.